The van der Waals surface area contributed by atoms with Crippen LogP contribution in [0.4, 0.5) is 0 Å². The minimum absolute atomic E-state index is 0.632. The van der Waals surface area contributed by atoms with Crippen LogP contribution in [0.25, 0.3) is 0 Å². The molecule has 0 aliphatic carbocycles. The van der Waals surface area contributed by atoms with Crippen LogP contribution in [0.1, 0.15) is 18.9 Å². The molecule has 2 unspecified atom stereocenters. The van der Waals surface area contributed by atoms with E-state index >= 15 is 0 Å². The molecule has 0 spiro atoms. The first kappa shape index (κ1) is 20.2. The predicted molar refractivity (Wildman–Crippen MR) is 114 cm³/mol. The number of hydrogen-bond donors (Lipinski definition) is 1. The summed E-state index contributed by atoms with van der Waals surface area (Å²) in [6.45, 7) is 11.5. The minimum Gasteiger partial charge on any atom is -0.356 e. The van der Waals surface area contributed by atoms with Crippen LogP contribution < -0.4 is 5.32 Å². The molecule has 0 saturated carbocycles. The van der Waals surface area contributed by atoms with Crippen LogP contribution >= 0.6 is 0 Å². The lowest BCUT2D eigenvalue weighted by atomic mass is 9.99. The number of nitrogens with one attached hydrogen (secondary N) is 1. The lowest BCUT2D eigenvalue weighted by Gasteiger charge is -2.34. The van der Waals surface area contributed by atoms with Gasteiger partial charge in [0.2, 0.25) is 0 Å². The van der Waals surface area contributed by atoms with Gasteiger partial charge in [-0.15, -0.1) is 0 Å². The molecular weight excluding hydrogens is 334 g/mol. The van der Waals surface area contributed by atoms with Gasteiger partial charge in [0, 0.05) is 59.4 Å². The van der Waals surface area contributed by atoms with Crippen molar-refractivity contribution in [1.82, 2.24) is 20.0 Å². The molecule has 0 aromatic heterocycles. The van der Waals surface area contributed by atoms with E-state index < -0.39 is 0 Å². The summed E-state index contributed by atoms with van der Waals surface area (Å²) in [5.41, 5.74) is 1.45. The second-order valence-corrected chi connectivity index (χ2v) is 8.43. The normalized spacial score (nSPS) is 23.6. The highest BCUT2D eigenvalue weighted by molar-refractivity contribution is 5.80. The summed E-state index contributed by atoms with van der Waals surface area (Å²) in [5, 5.41) is 3.63. The van der Waals surface area contributed by atoms with Gasteiger partial charge in [0.25, 0.3) is 0 Å². The largest absolute Gasteiger partial charge is 0.356 e. The van der Waals surface area contributed by atoms with Gasteiger partial charge in [0.05, 0.1) is 0 Å². The van der Waals surface area contributed by atoms with E-state index in [1.54, 1.807) is 0 Å². The molecule has 2 fully saturated rings. The van der Waals surface area contributed by atoms with Gasteiger partial charge in [-0.3, -0.25) is 4.99 Å². The summed E-state index contributed by atoms with van der Waals surface area (Å²) >= 11 is 0. The van der Waals surface area contributed by atoms with Crippen molar-refractivity contribution < 1.29 is 0 Å². The predicted octanol–water partition coefficient (Wildman–Crippen LogP) is 2.01. The number of guanidine groups is 1. The zero-order valence-corrected chi connectivity index (χ0v) is 17.4. The molecule has 0 amide bonds. The minimum atomic E-state index is 0.632. The van der Waals surface area contributed by atoms with Gasteiger partial charge in [0.1, 0.15) is 0 Å². The van der Waals surface area contributed by atoms with E-state index in [1.165, 1.54) is 51.1 Å². The van der Waals surface area contributed by atoms with E-state index in [2.05, 4.69) is 69.3 Å². The number of aliphatic imine (C=N–C) groups is 1. The number of hydrogen-bond acceptors (Lipinski definition) is 3. The first-order valence-corrected chi connectivity index (χ1v) is 10.5. The van der Waals surface area contributed by atoms with Crippen LogP contribution in [0.5, 0.6) is 0 Å². The molecule has 2 atom stereocenters. The molecule has 2 aliphatic heterocycles. The van der Waals surface area contributed by atoms with Gasteiger partial charge >= 0.3 is 0 Å². The van der Waals surface area contributed by atoms with Crippen molar-refractivity contribution in [2.45, 2.75) is 19.8 Å². The molecule has 1 aromatic rings. The highest BCUT2D eigenvalue weighted by Gasteiger charge is 2.25. The van der Waals surface area contributed by atoms with Crippen LogP contribution in [0, 0.1) is 11.8 Å². The van der Waals surface area contributed by atoms with Crippen molar-refractivity contribution in [1.29, 1.82) is 0 Å². The van der Waals surface area contributed by atoms with Crippen molar-refractivity contribution in [3.63, 3.8) is 0 Å². The number of benzene rings is 1. The van der Waals surface area contributed by atoms with E-state index in [1.807, 2.05) is 7.05 Å². The van der Waals surface area contributed by atoms with E-state index in [9.17, 15) is 0 Å². The Morgan fingerprint density at radius 3 is 2.59 bits per heavy atom. The van der Waals surface area contributed by atoms with Crippen LogP contribution in [0.2, 0.25) is 0 Å². The molecule has 0 bridgehead atoms. The number of likely N-dealkylation sites (N-methyl/N-ethyl adjacent to an activating group) is 1. The number of piperazine rings is 1. The van der Waals surface area contributed by atoms with Crippen molar-refractivity contribution in [3.8, 4) is 0 Å². The maximum absolute atomic E-state index is 4.55. The Labute approximate surface area is 165 Å². The average molecular weight is 372 g/mol. The molecule has 2 heterocycles. The first-order valence-electron chi connectivity index (χ1n) is 10.5. The maximum Gasteiger partial charge on any atom is 0.193 e. The zero-order chi connectivity index (χ0) is 19.1. The maximum atomic E-state index is 4.55. The molecule has 27 heavy (non-hydrogen) atoms. The molecule has 2 aliphatic rings. The Morgan fingerprint density at radius 1 is 1.15 bits per heavy atom. The lowest BCUT2D eigenvalue weighted by molar-refractivity contribution is 0.139. The fourth-order valence-electron chi connectivity index (χ4n) is 4.27. The highest BCUT2D eigenvalue weighted by Crippen LogP contribution is 2.21. The smallest absolute Gasteiger partial charge is 0.193 e. The van der Waals surface area contributed by atoms with Crippen molar-refractivity contribution in [2.24, 2.45) is 16.8 Å². The summed E-state index contributed by atoms with van der Waals surface area (Å²) in [5.74, 6) is 2.44. The Bertz CT molecular complexity index is 580. The molecule has 1 aromatic carbocycles. The van der Waals surface area contributed by atoms with Crippen molar-refractivity contribution >= 4 is 5.96 Å². The fraction of sp³-hybridized carbons (Fsp3) is 0.682. The average Bonchev–Trinajstić information content (AvgIpc) is 3.13. The van der Waals surface area contributed by atoms with Crippen LogP contribution in [0.15, 0.2) is 35.3 Å². The molecule has 150 valence electrons. The second kappa shape index (κ2) is 10.1. The third-order valence-corrected chi connectivity index (χ3v) is 5.94. The van der Waals surface area contributed by atoms with Crippen molar-refractivity contribution in [3.05, 3.63) is 35.9 Å². The SMILES string of the molecule is CN=C(NCC(C)CN1CCN(C)CC1)N1CCC(Cc2ccccc2)C1. The van der Waals surface area contributed by atoms with Gasteiger partial charge in [-0.05, 0) is 37.3 Å². The summed E-state index contributed by atoms with van der Waals surface area (Å²) < 4.78 is 0. The van der Waals surface area contributed by atoms with E-state index in [0.29, 0.717) is 5.92 Å². The van der Waals surface area contributed by atoms with E-state index in [4.69, 9.17) is 0 Å². The van der Waals surface area contributed by atoms with Gasteiger partial charge in [-0.25, -0.2) is 0 Å². The van der Waals surface area contributed by atoms with Gasteiger partial charge in [0.15, 0.2) is 5.96 Å². The van der Waals surface area contributed by atoms with Crippen LogP contribution in [0.3, 0.4) is 0 Å². The Hall–Kier alpha value is -1.59. The molecule has 3 rings (SSSR count). The van der Waals surface area contributed by atoms with Gasteiger partial charge in [-0.2, -0.15) is 0 Å². The van der Waals surface area contributed by atoms with E-state index in [0.717, 1.165) is 31.5 Å². The Morgan fingerprint density at radius 2 is 1.89 bits per heavy atom. The molecular formula is C22H37N5. The molecule has 5 nitrogen and oxygen atoms in total. The topological polar surface area (TPSA) is 34.1 Å². The van der Waals surface area contributed by atoms with Gasteiger partial charge < -0.3 is 20.0 Å². The Balaban J connectivity index is 1.40. The number of rotatable bonds is 6. The zero-order valence-electron chi connectivity index (χ0n) is 17.4. The Kier molecular flexibility index (Phi) is 7.53. The quantitative estimate of drug-likeness (QED) is 0.613. The first-order chi connectivity index (χ1) is 13.1. The van der Waals surface area contributed by atoms with Crippen LogP contribution in [-0.4, -0.2) is 87.1 Å². The summed E-state index contributed by atoms with van der Waals surface area (Å²) in [4.78, 5) is 12.0. The fourth-order valence-corrected chi connectivity index (χ4v) is 4.27. The summed E-state index contributed by atoms with van der Waals surface area (Å²) in [7, 11) is 4.13. The molecule has 1 N–H and O–H groups in total. The van der Waals surface area contributed by atoms with Crippen molar-refractivity contribution in [2.75, 3.05) is 66.5 Å². The third kappa shape index (κ3) is 6.22. The lowest BCUT2D eigenvalue weighted by Crippen LogP contribution is -2.48. The van der Waals surface area contributed by atoms with Gasteiger partial charge in [-0.1, -0.05) is 37.3 Å². The molecule has 0 radical (unpaired) electrons. The number of nitrogens with zero attached hydrogens (tertiary/aromatic N) is 4. The molecule has 2 saturated heterocycles. The number of likely N-dealkylation sites (tertiary alicyclic amines) is 1. The summed E-state index contributed by atoms with van der Waals surface area (Å²) in [6.07, 6.45) is 2.43. The second-order valence-electron chi connectivity index (χ2n) is 8.43. The molecule has 5 heteroatoms. The monoisotopic (exact) mass is 371 g/mol. The van der Waals surface area contributed by atoms with Crippen LogP contribution in [-0.2, 0) is 6.42 Å². The third-order valence-electron chi connectivity index (χ3n) is 5.94. The highest BCUT2D eigenvalue weighted by atomic mass is 15.3. The summed E-state index contributed by atoms with van der Waals surface area (Å²) in [6, 6.07) is 10.9. The standard InChI is InChI=1S/C22H37N5/c1-19(17-26-13-11-25(3)12-14-26)16-24-22(23-2)27-10-9-21(18-27)15-20-7-5-4-6-8-20/h4-8,19,21H,9-18H2,1-3H3,(H,23,24). The van der Waals surface area contributed by atoms with E-state index in [-0.39, 0.29) is 0 Å².